The number of nitrogens with zero attached hydrogens (tertiary/aromatic N) is 1. The molecular formula is C18H26N2O4. The van der Waals surface area contributed by atoms with Crippen LogP contribution in [-0.2, 0) is 16.1 Å². The van der Waals surface area contributed by atoms with E-state index in [2.05, 4.69) is 10.2 Å². The van der Waals surface area contributed by atoms with E-state index in [9.17, 15) is 14.7 Å². The Labute approximate surface area is 142 Å². The number of nitrogens with one attached hydrogen (secondary N) is 1. The Bertz CT molecular complexity index is 556. The summed E-state index contributed by atoms with van der Waals surface area (Å²) in [5.41, 5.74) is 1.46. The van der Waals surface area contributed by atoms with Gasteiger partial charge in [-0.15, -0.1) is 0 Å². The minimum Gasteiger partial charge on any atom is -0.480 e. The van der Waals surface area contributed by atoms with Crippen molar-refractivity contribution in [2.45, 2.75) is 38.8 Å². The summed E-state index contributed by atoms with van der Waals surface area (Å²) in [7, 11) is 0. The van der Waals surface area contributed by atoms with E-state index in [1.54, 1.807) is 12.1 Å². The molecule has 1 fully saturated rings. The molecule has 1 aliphatic rings. The second kappa shape index (κ2) is 9.39. The predicted octanol–water partition coefficient (Wildman–Crippen LogP) is 1.89. The number of carboxylic acid groups (broad SMARTS) is 1. The molecule has 132 valence electrons. The molecule has 2 N–H and O–H groups in total. The number of carbonyl (C=O) groups is 2. The fraction of sp³-hybridized carbons (Fsp3) is 0.556. The zero-order chi connectivity index (χ0) is 17.4. The van der Waals surface area contributed by atoms with Gasteiger partial charge in [-0.05, 0) is 18.1 Å². The van der Waals surface area contributed by atoms with Crippen LogP contribution in [0.25, 0.3) is 0 Å². The second-order valence-corrected chi connectivity index (χ2v) is 6.05. The van der Waals surface area contributed by atoms with Crippen LogP contribution >= 0.6 is 0 Å². The SMILES string of the molecule is CCCCC(NC(=O)c1ccccc1CN1CCOCC1)C(=O)O. The molecule has 1 aromatic carbocycles. The van der Waals surface area contributed by atoms with Gasteiger partial charge in [0.05, 0.1) is 13.2 Å². The lowest BCUT2D eigenvalue weighted by Gasteiger charge is -2.27. The quantitative estimate of drug-likeness (QED) is 0.759. The van der Waals surface area contributed by atoms with E-state index in [1.165, 1.54) is 0 Å². The van der Waals surface area contributed by atoms with Crippen molar-refractivity contribution in [3.63, 3.8) is 0 Å². The summed E-state index contributed by atoms with van der Waals surface area (Å²) in [6.07, 6.45) is 2.11. The summed E-state index contributed by atoms with van der Waals surface area (Å²) in [6.45, 7) is 5.74. The number of amides is 1. The molecule has 2 rings (SSSR count). The normalized spacial score (nSPS) is 16.5. The van der Waals surface area contributed by atoms with Gasteiger partial charge in [0.2, 0.25) is 0 Å². The maximum Gasteiger partial charge on any atom is 0.326 e. The van der Waals surface area contributed by atoms with E-state index in [0.717, 1.165) is 31.5 Å². The van der Waals surface area contributed by atoms with E-state index < -0.39 is 12.0 Å². The average Bonchev–Trinajstić information content (AvgIpc) is 2.59. The fourth-order valence-electron chi connectivity index (χ4n) is 2.78. The van der Waals surface area contributed by atoms with Gasteiger partial charge >= 0.3 is 5.97 Å². The molecule has 1 heterocycles. The van der Waals surface area contributed by atoms with Crippen LogP contribution in [0.4, 0.5) is 0 Å². The molecule has 6 heteroatoms. The molecule has 1 aliphatic heterocycles. The van der Waals surface area contributed by atoms with Gasteiger partial charge in [0.15, 0.2) is 0 Å². The number of hydrogen-bond donors (Lipinski definition) is 2. The van der Waals surface area contributed by atoms with Gasteiger partial charge in [0.25, 0.3) is 5.91 Å². The molecule has 24 heavy (non-hydrogen) atoms. The molecule has 1 saturated heterocycles. The van der Waals surface area contributed by atoms with E-state index in [1.807, 2.05) is 19.1 Å². The molecule has 0 saturated carbocycles. The number of aliphatic carboxylic acids is 1. The third kappa shape index (κ3) is 5.32. The van der Waals surface area contributed by atoms with Crippen molar-refractivity contribution in [1.82, 2.24) is 10.2 Å². The predicted molar refractivity (Wildman–Crippen MR) is 91.0 cm³/mol. The Morgan fingerprint density at radius 3 is 2.67 bits per heavy atom. The van der Waals surface area contributed by atoms with Gasteiger partial charge in [-0.3, -0.25) is 9.69 Å². The zero-order valence-corrected chi connectivity index (χ0v) is 14.2. The number of rotatable bonds is 8. The van der Waals surface area contributed by atoms with Crippen LogP contribution in [0.5, 0.6) is 0 Å². The zero-order valence-electron chi connectivity index (χ0n) is 14.2. The molecule has 0 aromatic heterocycles. The summed E-state index contributed by atoms with van der Waals surface area (Å²) in [4.78, 5) is 26.1. The van der Waals surface area contributed by atoms with Crippen molar-refractivity contribution in [3.8, 4) is 0 Å². The van der Waals surface area contributed by atoms with Crippen LogP contribution in [0.2, 0.25) is 0 Å². The third-order valence-corrected chi connectivity index (χ3v) is 4.21. The second-order valence-electron chi connectivity index (χ2n) is 6.05. The van der Waals surface area contributed by atoms with Crippen molar-refractivity contribution >= 4 is 11.9 Å². The molecule has 1 unspecified atom stereocenters. The lowest BCUT2D eigenvalue weighted by Crippen LogP contribution is -2.41. The monoisotopic (exact) mass is 334 g/mol. The van der Waals surface area contributed by atoms with Crippen molar-refractivity contribution in [2.24, 2.45) is 0 Å². The Hall–Kier alpha value is -1.92. The first-order valence-electron chi connectivity index (χ1n) is 8.53. The van der Waals surface area contributed by atoms with Gasteiger partial charge in [0, 0.05) is 25.2 Å². The van der Waals surface area contributed by atoms with Gasteiger partial charge in [-0.2, -0.15) is 0 Å². The van der Waals surface area contributed by atoms with E-state index >= 15 is 0 Å². The molecule has 6 nitrogen and oxygen atoms in total. The lowest BCUT2D eigenvalue weighted by atomic mass is 10.0. The molecule has 1 atom stereocenters. The van der Waals surface area contributed by atoms with Gasteiger partial charge < -0.3 is 15.2 Å². The first kappa shape index (κ1) is 18.4. The third-order valence-electron chi connectivity index (χ3n) is 4.21. The Balaban J connectivity index is 2.06. The molecule has 1 amide bonds. The van der Waals surface area contributed by atoms with Gasteiger partial charge in [-0.1, -0.05) is 38.0 Å². The van der Waals surface area contributed by atoms with Crippen LogP contribution in [0.3, 0.4) is 0 Å². The number of hydrogen-bond acceptors (Lipinski definition) is 4. The highest BCUT2D eigenvalue weighted by atomic mass is 16.5. The minimum absolute atomic E-state index is 0.317. The Kier molecular flexibility index (Phi) is 7.21. The van der Waals surface area contributed by atoms with Crippen molar-refractivity contribution in [2.75, 3.05) is 26.3 Å². The topological polar surface area (TPSA) is 78.9 Å². The summed E-state index contributed by atoms with van der Waals surface area (Å²) < 4.78 is 5.35. The molecule has 0 spiro atoms. The number of benzene rings is 1. The first-order chi connectivity index (χ1) is 11.6. The molecule has 1 aromatic rings. The maximum atomic E-state index is 12.6. The number of morpholine rings is 1. The van der Waals surface area contributed by atoms with Gasteiger partial charge in [-0.25, -0.2) is 4.79 Å². The Morgan fingerprint density at radius 2 is 2.00 bits per heavy atom. The largest absolute Gasteiger partial charge is 0.480 e. The minimum atomic E-state index is -0.984. The summed E-state index contributed by atoms with van der Waals surface area (Å²) in [6, 6.07) is 6.54. The molecular weight excluding hydrogens is 308 g/mol. The number of unbranched alkanes of at least 4 members (excludes halogenated alkanes) is 1. The Morgan fingerprint density at radius 1 is 1.29 bits per heavy atom. The average molecular weight is 334 g/mol. The van der Waals surface area contributed by atoms with Crippen LogP contribution in [0, 0.1) is 0 Å². The standard InChI is InChI=1S/C18H26N2O4/c1-2-3-8-16(18(22)23)19-17(21)15-7-5-4-6-14(15)13-20-9-11-24-12-10-20/h4-7,16H,2-3,8-13H2,1H3,(H,19,21)(H,22,23). The fourth-order valence-corrected chi connectivity index (χ4v) is 2.78. The number of carbonyl (C=O) groups excluding carboxylic acids is 1. The van der Waals surface area contributed by atoms with Crippen LogP contribution < -0.4 is 5.32 Å². The first-order valence-corrected chi connectivity index (χ1v) is 8.53. The summed E-state index contributed by atoms with van der Waals surface area (Å²) in [5.74, 6) is -1.30. The highest BCUT2D eigenvalue weighted by Gasteiger charge is 2.22. The van der Waals surface area contributed by atoms with E-state index in [0.29, 0.717) is 31.7 Å². The van der Waals surface area contributed by atoms with Crippen LogP contribution in [0.1, 0.15) is 42.1 Å². The van der Waals surface area contributed by atoms with E-state index in [-0.39, 0.29) is 5.91 Å². The molecule has 0 aliphatic carbocycles. The van der Waals surface area contributed by atoms with Crippen molar-refractivity contribution < 1.29 is 19.4 Å². The highest BCUT2D eigenvalue weighted by molar-refractivity contribution is 5.97. The lowest BCUT2D eigenvalue weighted by molar-refractivity contribution is -0.139. The van der Waals surface area contributed by atoms with E-state index in [4.69, 9.17) is 4.74 Å². The molecule has 0 radical (unpaired) electrons. The summed E-state index contributed by atoms with van der Waals surface area (Å²) in [5, 5.41) is 12.0. The number of carboxylic acids is 1. The number of ether oxygens (including phenoxy) is 1. The van der Waals surface area contributed by atoms with Gasteiger partial charge in [0.1, 0.15) is 6.04 Å². The van der Waals surface area contributed by atoms with Crippen molar-refractivity contribution in [1.29, 1.82) is 0 Å². The van der Waals surface area contributed by atoms with Crippen LogP contribution in [-0.4, -0.2) is 54.2 Å². The maximum absolute atomic E-state index is 12.6. The smallest absolute Gasteiger partial charge is 0.326 e. The molecule has 0 bridgehead atoms. The van der Waals surface area contributed by atoms with Crippen LogP contribution in [0.15, 0.2) is 24.3 Å². The van der Waals surface area contributed by atoms with Crippen molar-refractivity contribution in [3.05, 3.63) is 35.4 Å². The highest BCUT2D eigenvalue weighted by Crippen LogP contribution is 2.14. The summed E-state index contributed by atoms with van der Waals surface area (Å²) >= 11 is 0.